The summed E-state index contributed by atoms with van der Waals surface area (Å²) in [5.74, 6) is -1.45. The molecule has 0 rings (SSSR count). The molecule has 0 amide bonds. The molecular formula is C8H14O3. The Labute approximate surface area is 66.4 Å². The lowest BCUT2D eigenvalue weighted by Crippen LogP contribution is -2.11. The van der Waals surface area contributed by atoms with Crippen LogP contribution in [-0.2, 0) is 9.59 Å². The van der Waals surface area contributed by atoms with Crippen LogP contribution in [0.4, 0.5) is 0 Å². The Hall–Kier alpha value is -0.860. The minimum absolute atomic E-state index is 0.174. The molecule has 0 atom stereocenters. The maximum absolute atomic E-state index is 10.5. The first-order valence-electron chi connectivity index (χ1n) is 3.80. The van der Waals surface area contributed by atoms with Gasteiger partial charge in [0, 0.05) is 6.42 Å². The molecule has 0 saturated carbocycles. The van der Waals surface area contributed by atoms with Crippen molar-refractivity contribution in [3.63, 3.8) is 0 Å². The highest BCUT2D eigenvalue weighted by Crippen LogP contribution is 2.06. The average molecular weight is 158 g/mol. The second-order valence-corrected chi connectivity index (χ2v) is 3.01. The monoisotopic (exact) mass is 158 g/mol. The first kappa shape index (κ1) is 10.1. The molecule has 1 N–H and O–H groups in total. The number of carboxylic acid groups (broad SMARTS) is 1. The summed E-state index contributed by atoms with van der Waals surface area (Å²) < 4.78 is 0. The Kier molecular flexibility index (Phi) is 4.50. The van der Waals surface area contributed by atoms with Gasteiger partial charge in [0.2, 0.25) is 5.78 Å². The van der Waals surface area contributed by atoms with E-state index < -0.39 is 11.8 Å². The molecule has 0 saturated heterocycles. The highest BCUT2D eigenvalue weighted by atomic mass is 16.4. The van der Waals surface area contributed by atoms with Gasteiger partial charge in [-0.15, -0.1) is 0 Å². The number of aliphatic carboxylic acids is 1. The third-order valence-electron chi connectivity index (χ3n) is 1.42. The van der Waals surface area contributed by atoms with Gasteiger partial charge >= 0.3 is 5.97 Å². The third-order valence-corrected chi connectivity index (χ3v) is 1.42. The molecule has 64 valence electrons. The zero-order valence-corrected chi connectivity index (χ0v) is 6.96. The molecule has 0 bridgehead atoms. The standard InChI is InChI=1S/C8H14O3/c1-6(2)4-3-5-7(9)8(10)11/h6H,3-5H2,1-2H3,(H,10,11). The van der Waals surface area contributed by atoms with E-state index in [9.17, 15) is 9.59 Å². The molecule has 0 fully saturated rings. The molecule has 0 aliphatic carbocycles. The predicted octanol–water partition coefficient (Wildman–Crippen LogP) is 1.47. The van der Waals surface area contributed by atoms with Crippen LogP contribution in [0.15, 0.2) is 0 Å². The van der Waals surface area contributed by atoms with E-state index in [1.165, 1.54) is 0 Å². The van der Waals surface area contributed by atoms with E-state index in [4.69, 9.17) is 5.11 Å². The summed E-state index contributed by atoms with van der Waals surface area (Å²) in [5.41, 5.74) is 0. The first-order chi connectivity index (χ1) is 5.04. The topological polar surface area (TPSA) is 54.4 Å². The van der Waals surface area contributed by atoms with Gasteiger partial charge in [-0.1, -0.05) is 20.3 Å². The van der Waals surface area contributed by atoms with E-state index in [-0.39, 0.29) is 6.42 Å². The summed E-state index contributed by atoms with van der Waals surface area (Å²) in [6, 6.07) is 0. The van der Waals surface area contributed by atoms with Crippen molar-refractivity contribution in [3.05, 3.63) is 0 Å². The van der Waals surface area contributed by atoms with Crippen molar-refractivity contribution in [2.45, 2.75) is 33.1 Å². The van der Waals surface area contributed by atoms with Crippen LogP contribution in [0.5, 0.6) is 0 Å². The molecule has 0 aliphatic heterocycles. The SMILES string of the molecule is CC(C)CCCC(=O)C(=O)O. The second kappa shape index (κ2) is 4.88. The third kappa shape index (κ3) is 5.58. The van der Waals surface area contributed by atoms with Gasteiger partial charge in [-0.05, 0) is 12.3 Å². The van der Waals surface area contributed by atoms with Gasteiger partial charge in [0.15, 0.2) is 0 Å². The van der Waals surface area contributed by atoms with Crippen LogP contribution in [0.1, 0.15) is 33.1 Å². The van der Waals surface area contributed by atoms with Gasteiger partial charge < -0.3 is 5.11 Å². The highest BCUT2D eigenvalue weighted by Gasteiger charge is 2.10. The fourth-order valence-electron chi connectivity index (χ4n) is 0.778. The smallest absolute Gasteiger partial charge is 0.372 e. The molecular weight excluding hydrogens is 144 g/mol. The lowest BCUT2D eigenvalue weighted by Gasteiger charge is -2.00. The summed E-state index contributed by atoms with van der Waals surface area (Å²) in [7, 11) is 0. The Morgan fingerprint density at radius 3 is 2.27 bits per heavy atom. The fraction of sp³-hybridized carbons (Fsp3) is 0.750. The van der Waals surface area contributed by atoms with Crippen molar-refractivity contribution in [2.24, 2.45) is 5.92 Å². The predicted molar refractivity (Wildman–Crippen MR) is 41.3 cm³/mol. The molecule has 0 aliphatic rings. The average Bonchev–Trinajstić information content (AvgIpc) is 1.86. The summed E-state index contributed by atoms with van der Waals surface area (Å²) >= 11 is 0. The largest absolute Gasteiger partial charge is 0.476 e. The molecule has 0 unspecified atom stereocenters. The van der Waals surface area contributed by atoms with Gasteiger partial charge in [-0.25, -0.2) is 4.79 Å². The van der Waals surface area contributed by atoms with Crippen molar-refractivity contribution in [3.8, 4) is 0 Å². The molecule has 0 aromatic heterocycles. The van der Waals surface area contributed by atoms with E-state index >= 15 is 0 Å². The van der Waals surface area contributed by atoms with Gasteiger partial charge in [0.05, 0.1) is 0 Å². The summed E-state index contributed by atoms with van der Waals surface area (Å²) in [4.78, 5) is 20.6. The summed E-state index contributed by atoms with van der Waals surface area (Å²) in [6.07, 6.45) is 1.77. The molecule has 3 heteroatoms. The van der Waals surface area contributed by atoms with E-state index in [0.717, 1.165) is 6.42 Å². The Bertz CT molecular complexity index is 149. The van der Waals surface area contributed by atoms with Crippen LogP contribution < -0.4 is 0 Å². The molecule has 0 spiro atoms. The van der Waals surface area contributed by atoms with Crippen LogP contribution in [-0.4, -0.2) is 16.9 Å². The molecule has 0 radical (unpaired) electrons. The van der Waals surface area contributed by atoms with Crippen LogP contribution >= 0.6 is 0 Å². The minimum Gasteiger partial charge on any atom is -0.476 e. The van der Waals surface area contributed by atoms with Crippen molar-refractivity contribution in [1.29, 1.82) is 0 Å². The summed E-state index contributed by atoms with van der Waals surface area (Å²) in [5, 5.41) is 8.20. The maximum Gasteiger partial charge on any atom is 0.372 e. The zero-order chi connectivity index (χ0) is 8.85. The Morgan fingerprint density at radius 2 is 1.91 bits per heavy atom. The molecule has 11 heavy (non-hydrogen) atoms. The van der Waals surface area contributed by atoms with Gasteiger partial charge in [0.1, 0.15) is 0 Å². The van der Waals surface area contributed by atoms with E-state index in [1.54, 1.807) is 0 Å². The van der Waals surface area contributed by atoms with Crippen LogP contribution in [0, 0.1) is 5.92 Å². The van der Waals surface area contributed by atoms with Gasteiger partial charge in [-0.2, -0.15) is 0 Å². The van der Waals surface area contributed by atoms with Crippen LogP contribution in [0.3, 0.4) is 0 Å². The number of carbonyl (C=O) groups excluding carboxylic acids is 1. The molecule has 0 aromatic rings. The van der Waals surface area contributed by atoms with Crippen molar-refractivity contribution in [1.82, 2.24) is 0 Å². The number of ketones is 1. The number of hydrogen-bond donors (Lipinski definition) is 1. The lowest BCUT2D eigenvalue weighted by atomic mass is 10.1. The highest BCUT2D eigenvalue weighted by molar-refractivity contribution is 6.32. The van der Waals surface area contributed by atoms with Crippen LogP contribution in [0.2, 0.25) is 0 Å². The van der Waals surface area contributed by atoms with Crippen molar-refractivity contribution >= 4 is 11.8 Å². The quantitative estimate of drug-likeness (QED) is 0.616. The Morgan fingerprint density at radius 1 is 1.36 bits per heavy atom. The maximum atomic E-state index is 10.5. The van der Waals surface area contributed by atoms with Gasteiger partial charge in [0.25, 0.3) is 0 Å². The van der Waals surface area contributed by atoms with E-state index in [2.05, 4.69) is 0 Å². The van der Waals surface area contributed by atoms with Gasteiger partial charge in [-0.3, -0.25) is 4.79 Å². The molecule has 3 nitrogen and oxygen atoms in total. The van der Waals surface area contributed by atoms with E-state index in [1.807, 2.05) is 13.8 Å². The number of Topliss-reactive ketones (excluding diaryl/α,β-unsaturated/α-hetero) is 1. The summed E-state index contributed by atoms with van der Waals surface area (Å²) in [6.45, 7) is 4.09. The Balaban J connectivity index is 3.40. The zero-order valence-electron chi connectivity index (χ0n) is 6.96. The lowest BCUT2D eigenvalue weighted by molar-refractivity contribution is -0.149. The second-order valence-electron chi connectivity index (χ2n) is 3.01. The number of carbonyl (C=O) groups is 2. The van der Waals surface area contributed by atoms with E-state index in [0.29, 0.717) is 12.3 Å². The fourth-order valence-corrected chi connectivity index (χ4v) is 0.778. The van der Waals surface area contributed by atoms with Crippen molar-refractivity contribution in [2.75, 3.05) is 0 Å². The number of hydrogen-bond acceptors (Lipinski definition) is 2. The van der Waals surface area contributed by atoms with Crippen LogP contribution in [0.25, 0.3) is 0 Å². The number of rotatable bonds is 5. The minimum atomic E-state index is -1.31. The molecule has 0 heterocycles. The first-order valence-corrected chi connectivity index (χ1v) is 3.80. The van der Waals surface area contributed by atoms with Crippen molar-refractivity contribution < 1.29 is 14.7 Å². The normalized spacial score (nSPS) is 10.1. The molecule has 0 aromatic carbocycles. The number of carboxylic acids is 1.